The summed E-state index contributed by atoms with van der Waals surface area (Å²) in [5.41, 5.74) is -0.0592. The molecule has 3 aliphatic rings. The number of nitrogens with one attached hydrogen (secondary N) is 1. The number of likely N-dealkylation sites (tertiary alicyclic amines) is 1. The van der Waals surface area contributed by atoms with Crippen molar-refractivity contribution in [2.24, 2.45) is 0 Å². The number of carbonyl (C=O) groups excluding carboxylic acids is 2. The van der Waals surface area contributed by atoms with Crippen molar-refractivity contribution in [1.29, 1.82) is 0 Å². The maximum absolute atomic E-state index is 13.9. The van der Waals surface area contributed by atoms with Crippen LogP contribution >= 0.6 is 11.8 Å². The van der Waals surface area contributed by atoms with E-state index in [-0.39, 0.29) is 16.9 Å². The van der Waals surface area contributed by atoms with Crippen LogP contribution in [-0.4, -0.2) is 51.4 Å². The summed E-state index contributed by atoms with van der Waals surface area (Å²) in [5, 5.41) is 7.89. The van der Waals surface area contributed by atoms with Crippen molar-refractivity contribution in [3.05, 3.63) is 66.0 Å². The average molecular weight is 433 g/mol. The fraction of sp³-hybridized carbons (Fsp3) is 0.273. The van der Waals surface area contributed by atoms with Gasteiger partial charge in [0.05, 0.1) is 7.11 Å². The monoisotopic (exact) mass is 433 g/mol. The number of methoxy groups -OCH3 is 1. The smallest absolute Gasteiger partial charge is 0.252 e. The summed E-state index contributed by atoms with van der Waals surface area (Å²) in [6.45, 7) is 0.500. The molecule has 0 radical (unpaired) electrons. The Kier molecular flexibility index (Phi) is 3.70. The van der Waals surface area contributed by atoms with E-state index in [1.165, 1.54) is 6.33 Å². The lowest BCUT2D eigenvalue weighted by Crippen LogP contribution is -2.62. The van der Waals surface area contributed by atoms with E-state index in [9.17, 15) is 9.59 Å². The number of carbonyl (C=O) groups is 2. The van der Waals surface area contributed by atoms with Crippen LogP contribution in [0.5, 0.6) is 5.75 Å². The number of para-hydroxylation sites is 1. The minimum Gasteiger partial charge on any atom is -0.497 e. The first-order valence-electron chi connectivity index (χ1n) is 9.94. The standard InChI is InChI=1S/C22H19N5O3S/c1-26-11-16(13-7-9-14(30-2)10-8-13)22(19(29)31-20-23-12-24-27(20)22)21(26)15-5-3-4-6-17(15)25-18(21)28/h3-10,12,16H,11H2,1-2H3,(H,25,28)/t16-,21-,22-/m0/s1. The highest BCUT2D eigenvalue weighted by molar-refractivity contribution is 8.14. The molecule has 3 atom stereocenters. The predicted octanol–water partition coefficient (Wildman–Crippen LogP) is 2.19. The molecule has 0 bridgehead atoms. The zero-order valence-corrected chi connectivity index (χ0v) is 17.7. The number of aromatic nitrogens is 3. The molecule has 1 fully saturated rings. The van der Waals surface area contributed by atoms with Crippen LogP contribution in [0.3, 0.4) is 0 Å². The first-order chi connectivity index (χ1) is 15.0. The Bertz CT molecular complexity index is 1240. The van der Waals surface area contributed by atoms with E-state index in [4.69, 9.17) is 4.74 Å². The number of rotatable bonds is 2. The number of nitrogens with zero attached hydrogens (tertiary/aromatic N) is 4. The van der Waals surface area contributed by atoms with E-state index < -0.39 is 11.1 Å². The van der Waals surface area contributed by atoms with Gasteiger partial charge < -0.3 is 10.1 Å². The van der Waals surface area contributed by atoms with Crippen molar-refractivity contribution >= 4 is 28.5 Å². The molecule has 8 nitrogen and oxygen atoms in total. The van der Waals surface area contributed by atoms with Gasteiger partial charge in [-0.1, -0.05) is 30.3 Å². The van der Waals surface area contributed by atoms with Crippen LogP contribution in [0.25, 0.3) is 0 Å². The SMILES string of the molecule is COc1ccc([C@@H]2CN(C)[C@@]3(C(=O)Nc4ccccc43)[C@@]23C(=O)Sc2ncnn23)cc1. The molecule has 9 heteroatoms. The molecular weight excluding hydrogens is 414 g/mol. The molecule has 3 aliphatic heterocycles. The lowest BCUT2D eigenvalue weighted by Gasteiger charge is -2.42. The first kappa shape index (κ1) is 18.6. The third-order valence-corrected chi connectivity index (χ3v) is 7.80. The fourth-order valence-corrected chi connectivity index (χ4v) is 6.72. The van der Waals surface area contributed by atoms with Crippen LogP contribution in [0.2, 0.25) is 0 Å². The van der Waals surface area contributed by atoms with Gasteiger partial charge in [-0.2, -0.15) is 5.10 Å². The van der Waals surface area contributed by atoms with Gasteiger partial charge in [0.2, 0.25) is 5.12 Å². The van der Waals surface area contributed by atoms with E-state index in [1.807, 2.05) is 60.5 Å². The van der Waals surface area contributed by atoms with E-state index in [1.54, 1.807) is 11.8 Å². The number of anilines is 1. The van der Waals surface area contributed by atoms with Crippen molar-refractivity contribution < 1.29 is 14.3 Å². The van der Waals surface area contributed by atoms with Gasteiger partial charge in [0.1, 0.15) is 12.1 Å². The molecule has 0 saturated carbocycles. The van der Waals surface area contributed by atoms with Crippen LogP contribution in [0.4, 0.5) is 5.69 Å². The Morgan fingerprint density at radius 2 is 1.94 bits per heavy atom. The Hall–Kier alpha value is -3.17. The molecule has 31 heavy (non-hydrogen) atoms. The number of likely N-dealkylation sites (N-methyl/N-ethyl adjacent to an activating group) is 1. The molecule has 6 rings (SSSR count). The van der Waals surface area contributed by atoms with Gasteiger partial charge in [-0.25, -0.2) is 9.67 Å². The second-order valence-electron chi connectivity index (χ2n) is 8.03. The van der Waals surface area contributed by atoms with Crippen LogP contribution < -0.4 is 10.1 Å². The number of ether oxygens (including phenoxy) is 1. The minimum atomic E-state index is -1.27. The average Bonchev–Trinajstić information content (AvgIpc) is 3.49. The van der Waals surface area contributed by atoms with E-state index >= 15 is 0 Å². The number of amides is 1. The number of benzene rings is 2. The third-order valence-electron chi connectivity index (χ3n) is 6.84. The summed E-state index contributed by atoms with van der Waals surface area (Å²) in [6.07, 6.45) is 1.45. The van der Waals surface area contributed by atoms with Gasteiger partial charge in [-0.15, -0.1) is 0 Å². The van der Waals surface area contributed by atoms with Crippen molar-refractivity contribution in [3.8, 4) is 5.75 Å². The highest BCUT2D eigenvalue weighted by Gasteiger charge is 2.77. The van der Waals surface area contributed by atoms with Crippen LogP contribution in [-0.2, 0) is 20.7 Å². The van der Waals surface area contributed by atoms with Crippen molar-refractivity contribution in [2.45, 2.75) is 22.2 Å². The van der Waals surface area contributed by atoms with Gasteiger partial charge >= 0.3 is 0 Å². The molecule has 3 aromatic rings. The minimum absolute atomic E-state index is 0.125. The van der Waals surface area contributed by atoms with E-state index in [2.05, 4.69) is 15.4 Å². The summed E-state index contributed by atoms with van der Waals surface area (Å²) in [5.74, 6) is 0.198. The zero-order valence-electron chi connectivity index (χ0n) is 16.9. The quantitative estimate of drug-likeness (QED) is 0.663. The Balaban J connectivity index is 1.68. The van der Waals surface area contributed by atoms with Gasteiger partial charge in [-0.3, -0.25) is 14.5 Å². The summed E-state index contributed by atoms with van der Waals surface area (Å²) >= 11 is 1.06. The number of hydrogen-bond acceptors (Lipinski definition) is 7. The molecule has 1 aromatic heterocycles. The first-order valence-corrected chi connectivity index (χ1v) is 10.8. The molecule has 1 saturated heterocycles. The number of fused-ring (bicyclic) bond motifs is 5. The number of thioether (sulfide) groups is 1. The van der Waals surface area contributed by atoms with Crippen LogP contribution in [0, 0.1) is 0 Å². The Morgan fingerprint density at radius 3 is 2.71 bits per heavy atom. The molecule has 2 spiro atoms. The highest BCUT2D eigenvalue weighted by atomic mass is 32.2. The van der Waals surface area contributed by atoms with Crippen molar-refractivity contribution in [2.75, 3.05) is 26.0 Å². The maximum Gasteiger partial charge on any atom is 0.252 e. The lowest BCUT2D eigenvalue weighted by molar-refractivity contribution is -0.138. The second-order valence-corrected chi connectivity index (χ2v) is 8.97. The summed E-state index contributed by atoms with van der Waals surface area (Å²) in [4.78, 5) is 34.0. The van der Waals surface area contributed by atoms with E-state index in [0.717, 1.165) is 34.3 Å². The van der Waals surface area contributed by atoms with Crippen LogP contribution in [0.1, 0.15) is 17.0 Å². The largest absolute Gasteiger partial charge is 0.497 e. The molecule has 1 N–H and O–H groups in total. The number of hydrogen-bond donors (Lipinski definition) is 1. The molecular formula is C22H19N5O3S. The summed E-state index contributed by atoms with van der Waals surface area (Å²) < 4.78 is 7.00. The van der Waals surface area contributed by atoms with Gasteiger partial charge in [0.25, 0.3) is 5.91 Å². The highest BCUT2D eigenvalue weighted by Crippen LogP contribution is 2.64. The van der Waals surface area contributed by atoms with Gasteiger partial charge in [-0.05, 0) is 42.6 Å². The maximum atomic E-state index is 13.9. The molecule has 1 amide bonds. The Morgan fingerprint density at radius 1 is 1.16 bits per heavy atom. The Labute approximate surface area is 182 Å². The molecule has 2 aromatic carbocycles. The lowest BCUT2D eigenvalue weighted by atomic mass is 9.68. The molecule has 0 unspecified atom stereocenters. The zero-order chi connectivity index (χ0) is 21.4. The molecule has 156 valence electrons. The summed E-state index contributed by atoms with van der Waals surface area (Å²) in [6, 6.07) is 15.3. The normalized spacial score (nSPS) is 28.9. The third kappa shape index (κ3) is 2.01. The van der Waals surface area contributed by atoms with Crippen LogP contribution in [0.15, 0.2) is 60.0 Å². The fourth-order valence-electron chi connectivity index (χ4n) is 5.65. The predicted molar refractivity (Wildman–Crippen MR) is 114 cm³/mol. The van der Waals surface area contributed by atoms with Gasteiger partial charge in [0, 0.05) is 23.7 Å². The molecule has 0 aliphatic carbocycles. The van der Waals surface area contributed by atoms with Crippen molar-refractivity contribution in [1.82, 2.24) is 19.7 Å². The summed E-state index contributed by atoms with van der Waals surface area (Å²) in [7, 11) is 3.52. The van der Waals surface area contributed by atoms with Gasteiger partial charge in [0.15, 0.2) is 16.2 Å². The van der Waals surface area contributed by atoms with Crippen molar-refractivity contribution in [3.63, 3.8) is 0 Å². The molecule has 4 heterocycles. The van der Waals surface area contributed by atoms with E-state index in [0.29, 0.717) is 11.7 Å². The second kappa shape index (κ2) is 6.18. The topological polar surface area (TPSA) is 89.3 Å².